The Morgan fingerprint density at radius 1 is 1.22 bits per heavy atom. The average Bonchev–Trinajstić information content (AvgIpc) is 2.98. The molecule has 0 unspecified atom stereocenters. The summed E-state index contributed by atoms with van der Waals surface area (Å²) in [6, 6.07) is 6.17. The van der Waals surface area contributed by atoms with Crippen molar-refractivity contribution in [3.8, 4) is 0 Å². The second-order valence-corrected chi connectivity index (χ2v) is 9.09. The number of nitrogens with zero attached hydrogens (tertiary/aromatic N) is 2. The Hall–Kier alpha value is -2.35. The first-order valence-corrected chi connectivity index (χ1v) is 10.4. The van der Waals surface area contributed by atoms with Crippen molar-refractivity contribution in [3.63, 3.8) is 0 Å². The number of ether oxygens (including phenoxy) is 1. The number of rotatable bonds is 7. The molecule has 0 bridgehead atoms. The number of carbonyl (C=O) groups is 1. The highest BCUT2D eigenvalue weighted by molar-refractivity contribution is 7.92. The number of aromatic nitrogens is 2. The molecule has 0 atom stereocenters. The molecular formula is C19H27N3O4S. The smallest absolute Gasteiger partial charge is 0.338 e. The van der Waals surface area contributed by atoms with Gasteiger partial charge in [0, 0.05) is 24.3 Å². The van der Waals surface area contributed by atoms with E-state index in [2.05, 4.69) is 9.82 Å². The predicted octanol–water partition coefficient (Wildman–Crippen LogP) is 3.48. The Morgan fingerprint density at radius 3 is 2.41 bits per heavy atom. The summed E-state index contributed by atoms with van der Waals surface area (Å²) in [6.45, 7) is 8.12. The molecule has 0 aliphatic heterocycles. The van der Waals surface area contributed by atoms with E-state index >= 15 is 0 Å². The average molecular weight is 394 g/mol. The van der Waals surface area contributed by atoms with Crippen LogP contribution in [0.2, 0.25) is 0 Å². The molecule has 0 amide bonds. The van der Waals surface area contributed by atoms with Gasteiger partial charge in [-0.25, -0.2) is 13.2 Å². The van der Waals surface area contributed by atoms with E-state index in [1.165, 1.54) is 10.9 Å². The number of unbranched alkanes of at least 4 members (excludes halogenated alkanes) is 1. The van der Waals surface area contributed by atoms with E-state index in [0.717, 1.165) is 12.8 Å². The van der Waals surface area contributed by atoms with E-state index in [4.69, 9.17) is 4.74 Å². The molecule has 0 spiro atoms. The van der Waals surface area contributed by atoms with Gasteiger partial charge in [0.2, 0.25) is 0 Å². The van der Waals surface area contributed by atoms with E-state index in [1.54, 1.807) is 31.3 Å². The number of anilines is 1. The monoisotopic (exact) mass is 393 g/mol. The van der Waals surface area contributed by atoms with Crippen molar-refractivity contribution >= 4 is 21.7 Å². The van der Waals surface area contributed by atoms with Gasteiger partial charge < -0.3 is 4.74 Å². The summed E-state index contributed by atoms with van der Waals surface area (Å²) in [5, 5.41) is 4.30. The standard InChI is InChI=1S/C19H27N3O4S/c1-6-7-12-26-18(23)14-8-10-15(11-9-14)21-27(24,25)16-13-22(5)20-17(16)19(2,3)4/h8-11,13,21H,6-7,12H2,1-5H3. The first-order chi connectivity index (χ1) is 12.5. The zero-order valence-electron chi connectivity index (χ0n) is 16.4. The van der Waals surface area contributed by atoms with Gasteiger partial charge in [-0.2, -0.15) is 5.10 Å². The number of aryl methyl sites for hydroxylation is 1. The van der Waals surface area contributed by atoms with Crippen molar-refractivity contribution < 1.29 is 17.9 Å². The number of esters is 1. The Balaban J connectivity index is 2.18. The first-order valence-electron chi connectivity index (χ1n) is 8.88. The van der Waals surface area contributed by atoms with E-state index in [0.29, 0.717) is 23.6 Å². The van der Waals surface area contributed by atoms with Crippen LogP contribution in [0.1, 0.15) is 56.6 Å². The summed E-state index contributed by atoms with van der Waals surface area (Å²) in [7, 11) is -2.12. The fraction of sp³-hybridized carbons (Fsp3) is 0.474. The number of sulfonamides is 1. The van der Waals surface area contributed by atoms with Crippen molar-refractivity contribution in [2.24, 2.45) is 7.05 Å². The Labute approximate surface area is 160 Å². The molecule has 7 nitrogen and oxygen atoms in total. The number of nitrogens with one attached hydrogen (secondary N) is 1. The van der Waals surface area contributed by atoms with Gasteiger partial charge in [0.25, 0.3) is 10.0 Å². The van der Waals surface area contributed by atoms with Crippen LogP contribution in [-0.2, 0) is 27.2 Å². The minimum Gasteiger partial charge on any atom is -0.462 e. The van der Waals surface area contributed by atoms with Crippen LogP contribution >= 0.6 is 0 Å². The van der Waals surface area contributed by atoms with E-state index in [9.17, 15) is 13.2 Å². The molecule has 27 heavy (non-hydrogen) atoms. The van der Waals surface area contributed by atoms with Crippen molar-refractivity contribution in [2.75, 3.05) is 11.3 Å². The van der Waals surface area contributed by atoms with Gasteiger partial charge in [0.1, 0.15) is 4.90 Å². The Morgan fingerprint density at radius 2 is 1.85 bits per heavy atom. The van der Waals surface area contributed by atoms with Gasteiger partial charge in [-0.1, -0.05) is 34.1 Å². The fourth-order valence-electron chi connectivity index (χ4n) is 2.46. The van der Waals surface area contributed by atoms with Gasteiger partial charge in [0.15, 0.2) is 0 Å². The van der Waals surface area contributed by atoms with Crippen molar-refractivity contribution in [1.29, 1.82) is 0 Å². The molecule has 0 fully saturated rings. The summed E-state index contributed by atoms with van der Waals surface area (Å²) < 4.78 is 34.8. The molecule has 1 aromatic carbocycles. The van der Waals surface area contributed by atoms with Gasteiger partial charge in [0.05, 0.1) is 17.9 Å². The molecular weight excluding hydrogens is 366 g/mol. The maximum Gasteiger partial charge on any atom is 0.338 e. The van der Waals surface area contributed by atoms with Gasteiger partial charge in [-0.15, -0.1) is 0 Å². The zero-order chi connectivity index (χ0) is 20.2. The molecule has 2 aromatic rings. The topological polar surface area (TPSA) is 90.3 Å². The summed E-state index contributed by atoms with van der Waals surface area (Å²) in [4.78, 5) is 12.1. The molecule has 1 N–H and O–H groups in total. The van der Waals surface area contributed by atoms with Gasteiger partial charge in [-0.3, -0.25) is 9.40 Å². The van der Waals surface area contributed by atoms with Crippen LogP contribution in [0.15, 0.2) is 35.4 Å². The van der Waals surface area contributed by atoms with Crippen molar-refractivity contribution in [3.05, 3.63) is 41.7 Å². The molecule has 0 radical (unpaired) electrons. The van der Waals surface area contributed by atoms with Gasteiger partial charge >= 0.3 is 5.97 Å². The van der Waals surface area contributed by atoms with E-state index in [-0.39, 0.29) is 4.90 Å². The zero-order valence-corrected chi connectivity index (χ0v) is 17.3. The minimum atomic E-state index is -3.81. The molecule has 0 aliphatic carbocycles. The normalized spacial score (nSPS) is 12.0. The molecule has 0 saturated heterocycles. The number of hydrogen-bond acceptors (Lipinski definition) is 5. The Bertz CT molecular complexity index is 894. The van der Waals surface area contributed by atoms with Crippen LogP contribution in [0, 0.1) is 0 Å². The number of carbonyl (C=O) groups excluding carboxylic acids is 1. The SMILES string of the molecule is CCCCOC(=O)c1ccc(NS(=O)(=O)c2cn(C)nc2C(C)(C)C)cc1. The third-order valence-corrected chi connectivity index (χ3v) is 5.28. The van der Waals surface area contributed by atoms with Crippen LogP contribution in [0.4, 0.5) is 5.69 Å². The van der Waals surface area contributed by atoms with E-state index < -0.39 is 21.4 Å². The molecule has 0 aliphatic rings. The lowest BCUT2D eigenvalue weighted by molar-refractivity contribution is 0.0500. The van der Waals surface area contributed by atoms with Crippen molar-refractivity contribution in [2.45, 2.75) is 50.8 Å². The highest BCUT2D eigenvalue weighted by Crippen LogP contribution is 2.28. The predicted molar refractivity (Wildman–Crippen MR) is 104 cm³/mol. The molecule has 1 heterocycles. The lowest BCUT2D eigenvalue weighted by Gasteiger charge is -2.17. The molecule has 0 saturated carbocycles. The fourth-order valence-corrected chi connectivity index (χ4v) is 3.91. The highest BCUT2D eigenvalue weighted by atomic mass is 32.2. The van der Waals surface area contributed by atoms with Crippen LogP contribution in [-0.4, -0.2) is 30.8 Å². The first kappa shape index (κ1) is 21.0. The number of hydrogen-bond donors (Lipinski definition) is 1. The van der Waals surface area contributed by atoms with Crippen LogP contribution in [0.3, 0.4) is 0 Å². The van der Waals surface area contributed by atoms with Crippen LogP contribution in [0.5, 0.6) is 0 Å². The molecule has 148 valence electrons. The number of benzene rings is 1. The molecule has 8 heteroatoms. The van der Waals surface area contributed by atoms with Crippen LogP contribution in [0.25, 0.3) is 0 Å². The van der Waals surface area contributed by atoms with Gasteiger partial charge in [-0.05, 0) is 30.7 Å². The maximum atomic E-state index is 12.8. The summed E-state index contributed by atoms with van der Waals surface area (Å²) >= 11 is 0. The lowest BCUT2D eigenvalue weighted by Crippen LogP contribution is -2.20. The molecule has 1 aromatic heterocycles. The van der Waals surface area contributed by atoms with Crippen molar-refractivity contribution in [1.82, 2.24) is 9.78 Å². The molecule has 2 rings (SSSR count). The quantitative estimate of drug-likeness (QED) is 0.574. The minimum absolute atomic E-state index is 0.139. The maximum absolute atomic E-state index is 12.8. The third-order valence-electron chi connectivity index (χ3n) is 3.90. The highest BCUT2D eigenvalue weighted by Gasteiger charge is 2.29. The Kier molecular flexibility index (Phi) is 6.30. The second kappa shape index (κ2) is 8.12. The summed E-state index contributed by atoms with van der Waals surface area (Å²) in [5.41, 5.74) is 0.820. The summed E-state index contributed by atoms with van der Waals surface area (Å²) in [6.07, 6.45) is 3.24. The second-order valence-electron chi connectivity index (χ2n) is 7.44. The van der Waals surface area contributed by atoms with E-state index in [1.807, 2.05) is 27.7 Å². The largest absolute Gasteiger partial charge is 0.462 e. The third kappa shape index (κ3) is 5.32. The summed E-state index contributed by atoms with van der Waals surface area (Å²) in [5.74, 6) is -0.417. The van der Waals surface area contributed by atoms with Crippen LogP contribution < -0.4 is 4.72 Å². The lowest BCUT2D eigenvalue weighted by atomic mass is 9.92.